The number of ether oxygens (including phenoxy) is 2. The zero-order valence-electron chi connectivity index (χ0n) is 29.2. The fourth-order valence-electron chi connectivity index (χ4n) is 8.02. The fraction of sp³-hybridized carbons (Fsp3) is 0.487. The van der Waals surface area contributed by atoms with Gasteiger partial charge in [-0.3, -0.25) is 19.2 Å². The lowest BCUT2D eigenvalue weighted by Crippen LogP contribution is -2.59. The molecule has 0 unspecified atom stereocenters. The monoisotopic (exact) mass is 684 g/mol. The molecule has 4 aliphatic heterocycles. The molecule has 6 rings (SSSR count). The number of rotatable bonds is 8. The average Bonchev–Trinajstić information content (AvgIpc) is 3.50. The Labute approximate surface area is 293 Å². The van der Waals surface area contributed by atoms with Gasteiger partial charge in [-0.1, -0.05) is 68.5 Å². The molecule has 11 nitrogen and oxygen atoms in total. The normalized spacial score (nSPS) is 29.6. The van der Waals surface area contributed by atoms with Crippen LogP contribution in [0.4, 0.5) is 11.4 Å². The van der Waals surface area contributed by atoms with Gasteiger partial charge in [-0.2, -0.15) is 0 Å². The van der Waals surface area contributed by atoms with E-state index in [0.717, 1.165) is 24.3 Å². The van der Waals surface area contributed by atoms with Crippen LogP contribution in [0.25, 0.3) is 0 Å². The van der Waals surface area contributed by atoms with E-state index < -0.39 is 53.5 Å². The summed E-state index contributed by atoms with van der Waals surface area (Å²) in [6.45, 7) is 9.47. The van der Waals surface area contributed by atoms with Gasteiger partial charge in [0.25, 0.3) is 5.91 Å². The fourth-order valence-corrected chi connectivity index (χ4v) is 8.02. The quantitative estimate of drug-likeness (QED) is 0.318. The Morgan fingerprint density at radius 3 is 2.36 bits per heavy atom. The van der Waals surface area contributed by atoms with Crippen LogP contribution in [0.3, 0.4) is 0 Å². The van der Waals surface area contributed by atoms with Crippen molar-refractivity contribution in [3.05, 3.63) is 84.5 Å². The maximum atomic E-state index is 14.9. The van der Waals surface area contributed by atoms with Crippen LogP contribution >= 0.6 is 0 Å². The summed E-state index contributed by atoms with van der Waals surface area (Å²) in [5.74, 6) is -3.84. The van der Waals surface area contributed by atoms with E-state index in [9.17, 15) is 24.3 Å². The molecule has 4 aliphatic rings. The number of amides is 3. The van der Waals surface area contributed by atoms with Gasteiger partial charge in [0.15, 0.2) is 0 Å². The number of allylic oxidation sites excluding steroid dienone is 1. The molecule has 0 bridgehead atoms. The molecule has 11 heteroatoms. The molecule has 0 radical (unpaired) electrons. The van der Waals surface area contributed by atoms with Crippen molar-refractivity contribution in [2.24, 2.45) is 17.8 Å². The summed E-state index contributed by atoms with van der Waals surface area (Å²) in [6.07, 6.45) is 6.79. The van der Waals surface area contributed by atoms with Gasteiger partial charge in [-0.25, -0.2) is 0 Å². The minimum atomic E-state index is -1.49. The molecular formula is C39H48N4O7. The Hall–Kier alpha value is -4.48. The van der Waals surface area contributed by atoms with E-state index in [-0.39, 0.29) is 44.0 Å². The van der Waals surface area contributed by atoms with Crippen molar-refractivity contribution in [1.82, 2.24) is 10.2 Å². The van der Waals surface area contributed by atoms with Crippen LogP contribution in [0, 0.1) is 17.8 Å². The van der Waals surface area contributed by atoms with Gasteiger partial charge in [0.1, 0.15) is 18.2 Å². The molecule has 2 aromatic rings. The van der Waals surface area contributed by atoms with Crippen LogP contribution in [0.5, 0.6) is 0 Å². The number of hydrogen-bond acceptors (Lipinski definition) is 8. The SMILES string of the molecule is CCN(CC)c1ccc(N2CC=C[C@@]34O[C@H]5/C=C\CCC(=O)OC[C@H](c6ccccc6)NC(=O)[C@H]5[C@@H]3C(=O)N([C@@H](CO)C(C)C)[C@H]4C2=O)cc1. The second-order valence-corrected chi connectivity index (χ2v) is 13.7. The van der Waals surface area contributed by atoms with Gasteiger partial charge >= 0.3 is 5.97 Å². The summed E-state index contributed by atoms with van der Waals surface area (Å²) in [5, 5.41) is 13.7. The highest BCUT2D eigenvalue weighted by molar-refractivity contribution is 6.06. The third kappa shape index (κ3) is 6.33. The summed E-state index contributed by atoms with van der Waals surface area (Å²) in [5.41, 5.74) is 0.971. The van der Waals surface area contributed by atoms with Crippen LogP contribution in [0.15, 0.2) is 78.9 Å². The van der Waals surface area contributed by atoms with Crippen molar-refractivity contribution >= 4 is 35.1 Å². The smallest absolute Gasteiger partial charge is 0.306 e. The molecule has 7 atom stereocenters. The van der Waals surface area contributed by atoms with Gasteiger partial charge < -0.3 is 34.6 Å². The van der Waals surface area contributed by atoms with Gasteiger partial charge in [0.05, 0.1) is 36.6 Å². The van der Waals surface area contributed by atoms with Crippen molar-refractivity contribution in [1.29, 1.82) is 0 Å². The highest BCUT2D eigenvalue weighted by Gasteiger charge is 2.72. The number of nitrogens with zero attached hydrogens (tertiary/aromatic N) is 3. The summed E-state index contributed by atoms with van der Waals surface area (Å²) < 4.78 is 12.4. The van der Waals surface area contributed by atoms with Crippen LogP contribution in [-0.2, 0) is 28.7 Å². The molecule has 3 amide bonds. The molecule has 0 aliphatic carbocycles. The summed E-state index contributed by atoms with van der Waals surface area (Å²) in [7, 11) is 0. The van der Waals surface area contributed by atoms with Crippen molar-refractivity contribution in [3.63, 3.8) is 0 Å². The Morgan fingerprint density at radius 2 is 1.70 bits per heavy atom. The van der Waals surface area contributed by atoms with Crippen molar-refractivity contribution in [2.45, 2.75) is 70.4 Å². The lowest BCUT2D eigenvalue weighted by molar-refractivity contribution is -0.147. The number of cyclic esters (lactones) is 1. The van der Waals surface area contributed by atoms with Crippen LogP contribution in [0.2, 0.25) is 0 Å². The predicted octanol–water partition coefficient (Wildman–Crippen LogP) is 3.78. The molecule has 50 heavy (non-hydrogen) atoms. The van der Waals surface area contributed by atoms with E-state index in [1.54, 1.807) is 23.1 Å². The molecule has 2 aromatic carbocycles. The van der Waals surface area contributed by atoms with E-state index in [2.05, 4.69) is 24.1 Å². The number of anilines is 2. The first kappa shape index (κ1) is 35.3. The van der Waals surface area contributed by atoms with E-state index in [0.29, 0.717) is 12.1 Å². The molecule has 2 fully saturated rings. The predicted molar refractivity (Wildman–Crippen MR) is 189 cm³/mol. The molecule has 4 heterocycles. The van der Waals surface area contributed by atoms with Crippen molar-refractivity contribution in [3.8, 4) is 0 Å². The first-order chi connectivity index (χ1) is 24.1. The second-order valence-electron chi connectivity index (χ2n) is 13.7. The average molecular weight is 685 g/mol. The number of esters is 1. The van der Waals surface area contributed by atoms with Crippen LogP contribution in [-0.4, -0.2) is 90.3 Å². The number of carbonyl (C=O) groups is 4. The third-order valence-corrected chi connectivity index (χ3v) is 10.6. The van der Waals surface area contributed by atoms with Crippen LogP contribution < -0.4 is 15.1 Å². The summed E-state index contributed by atoms with van der Waals surface area (Å²) in [6, 6.07) is 14.5. The van der Waals surface area contributed by atoms with Gasteiger partial charge in [-0.15, -0.1) is 0 Å². The molecular weight excluding hydrogens is 636 g/mol. The van der Waals surface area contributed by atoms with E-state index >= 15 is 0 Å². The zero-order valence-corrected chi connectivity index (χ0v) is 29.2. The number of aliphatic hydroxyl groups is 1. The number of benzene rings is 2. The second kappa shape index (κ2) is 14.8. The number of hydrogen-bond donors (Lipinski definition) is 2. The maximum Gasteiger partial charge on any atom is 0.306 e. The van der Waals surface area contributed by atoms with Gasteiger partial charge in [0, 0.05) is 37.4 Å². The minimum absolute atomic E-state index is 0.0740. The summed E-state index contributed by atoms with van der Waals surface area (Å²) >= 11 is 0. The number of aliphatic hydroxyl groups excluding tert-OH is 1. The lowest BCUT2D eigenvalue weighted by Gasteiger charge is -2.40. The van der Waals surface area contributed by atoms with E-state index in [1.165, 1.54) is 4.90 Å². The topological polar surface area (TPSA) is 129 Å². The zero-order chi connectivity index (χ0) is 35.6. The van der Waals surface area contributed by atoms with Crippen molar-refractivity contribution < 1.29 is 33.8 Å². The van der Waals surface area contributed by atoms with E-state index in [4.69, 9.17) is 9.47 Å². The van der Waals surface area contributed by atoms with Crippen LogP contribution in [0.1, 0.15) is 52.1 Å². The minimum Gasteiger partial charge on any atom is -0.463 e. The highest BCUT2D eigenvalue weighted by Crippen LogP contribution is 2.54. The molecule has 1 spiro atoms. The number of fused-ring (bicyclic) bond motifs is 2. The van der Waals surface area contributed by atoms with Gasteiger partial charge in [0.2, 0.25) is 11.8 Å². The first-order valence-corrected chi connectivity index (χ1v) is 17.8. The Kier molecular flexibility index (Phi) is 10.5. The molecule has 2 N–H and O–H groups in total. The summed E-state index contributed by atoms with van der Waals surface area (Å²) in [4.78, 5) is 62.2. The molecule has 266 valence electrons. The highest BCUT2D eigenvalue weighted by atomic mass is 16.5. The Bertz CT molecular complexity index is 1620. The molecule has 2 saturated heterocycles. The lowest BCUT2D eigenvalue weighted by atomic mass is 9.77. The number of nitrogens with one attached hydrogen (secondary N) is 1. The Balaban J connectivity index is 1.43. The third-order valence-electron chi connectivity index (χ3n) is 10.6. The largest absolute Gasteiger partial charge is 0.463 e. The molecule has 0 saturated carbocycles. The maximum absolute atomic E-state index is 14.9. The van der Waals surface area contributed by atoms with Gasteiger partial charge in [-0.05, 0) is 56.0 Å². The Morgan fingerprint density at radius 1 is 0.980 bits per heavy atom. The first-order valence-electron chi connectivity index (χ1n) is 17.8. The van der Waals surface area contributed by atoms with E-state index in [1.807, 2.05) is 74.5 Å². The standard InChI is InChI=1S/C39H48N4O7/c1-5-41(6-2)27-17-19-28(20-18-27)42-22-12-21-39-34(37(47)43(35(39)38(42)48)30(23-44)25(3)4)33-31(50-39)15-10-11-16-32(45)49-24-29(40-36(33)46)26-13-8-7-9-14-26/h7-10,12-15,17-21,25,29-31,33-35,44H,5-6,11,16,22-24H2,1-4H3,(H,40,46)/b15-10-/t29-,30+,31+,33-,34-,35+,39-/m1/s1. The number of likely N-dealkylation sites (tertiary alicyclic amines) is 1. The molecule has 0 aromatic heterocycles. The number of carbonyl (C=O) groups excluding carboxylic acids is 4. The van der Waals surface area contributed by atoms with Crippen molar-refractivity contribution in [2.75, 3.05) is 42.6 Å².